The fourth-order valence-electron chi connectivity index (χ4n) is 3.08. The molecule has 4 nitrogen and oxygen atoms in total. The summed E-state index contributed by atoms with van der Waals surface area (Å²) in [5.74, 6) is 1.79. The maximum Gasteiger partial charge on any atom is 0.154 e. The molecule has 1 aliphatic heterocycles. The SMILES string of the molecule is Cc1cnnc(N2CCc3ncc(C4CC4)cc3C2)c1C. The Morgan fingerprint density at radius 2 is 2.05 bits per heavy atom. The highest BCUT2D eigenvalue weighted by Gasteiger charge is 2.26. The first-order valence-electron chi connectivity index (χ1n) is 7.74. The molecule has 0 saturated heterocycles. The molecule has 0 unspecified atom stereocenters. The second-order valence-electron chi connectivity index (χ2n) is 6.30. The molecule has 2 aromatic heterocycles. The van der Waals surface area contributed by atoms with Crippen LogP contribution in [0.3, 0.4) is 0 Å². The van der Waals surface area contributed by atoms with Gasteiger partial charge in [-0.3, -0.25) is 4.98 Å². The zero-order valence-electron chi connectivity index (χ0n) is 12.6. The largest absolute Gasteiger partial charge is 0.350 e. The third-order valence-corrected chi connectivity index (χ3v) is 4.74. The van der Waals surface area contributed by atoms with Crippen LogP contribution in [0.5, 0.6) is 0 Å². The molecule has 1 saturated carbocycles. The average Bonchev–Trinajstić information content (AvgIpc) is 3.34. The van der Waals surface area contributed by atoms with E-state index >= 15 is 0 Å². The lowest BCUT2D eigenvalue weighted by molar-refractivity contribution is 0.690. The Morgan fingerprint density at radius 1 is 1.19 bits per heavy atom. The minimum absolute atomic E-state index is 0.763. The van der Waals surface area contributed by atoms with Gasteiger partial charge in [-0.05, 0) is 54.9 Å². The maximum absolute atomic E-state index is 4.69. The summed E-state index contributed by atoms with van der Waals surface area (Å²) in [6.07, 6.45) is 7.57. The molecule has 0 radical (unpaired) electrons. The lowest BCUT2D eigenvalue weighted by Crippen LogP contribution is -2.32. The Balaban J connectivity index is 1.66. The number of fused-ring (bicyclic) bond motifs is 1. The summed E-state index contributed by atoms with van der Waals surface area (Å²) < 4.78 is 0. The number of nitrogens with zero attached hydrogens (tertiary/aromatic N) is 4. The summed E-state index contributed by atoms with van der Waals surface area (Å²) in [5, 5.41) is 8.49. The van der Waals surface area contributed by atoms with Crippen molar-refractivity contribution in [1.82, 2.24) is 15.2 Å². The van der Waals surface area contributed by atoms with Crippen LogP contribution in [0.15, 0.2) is 18.5 Å². The van der Waals surface area contributed by atoms with Gasteiger partial charge in [0.25, 0.3) is 0 Å². The second-order valence-corrected chi connectivity index (χ2v) is 6.30. The van der Waals surface area contributed by atoms with Gasteiger partial charge in [0.2, 0.25) is 0 Å². The molecule has 0 bridgehead atoms. The molecular formula is C17H20N4. The molecule has 4 rings (SSSR count). The van der Waals surface area contributed by atoms with Crippen molar-refractivity contribution in [2.45, 2.75) is 45.6 Å². The van der Waals surface area contributed by atoms with Gasteiger partial charge in [0.15, 0.2) is 5.82 Å². The number of hydrogen-bond donors (Lipinski definition) is 0. The van der Waals surface area contributed by atoms with Crippen LogP contribution in [-0.4, -0.2) is 21.7 Å². The standard InChI is InChI=1S/C17H20N4/c1-11-8-19-20-17(12(11)2)21-6-5-16-15(10-21)7-14(9-18-16)13-3-4-13/h7-9,13H,3-6,10H2,1-2H3. The number of pyridine rings is 1. The Labute approximate surface area is 125 Å². The van der Waals surface area contributed by atoms with Gasteiger partial charge in [-0.25, -0.2) is 0 Å². The Kier molecular flexibility index (Phi) is 2.91. The predicted octanol–water partition coefficient (Wildman–Crippen LogP) is 2.93. The third kappa shape index (κ3) is 2.28. The molecule has 2 aromatic rings. The molecule has 108 valence electrons. The fourth-order valence-corrected chi connectivity index (χ4v) is 3.08. The van der Waals surface area contributed by atoms with E-state index in [1.54, 1.807) is 0 Å². The molecule has 0 N–H and O–H groups in total. The zero-order chi connectivity index (χ0) is 14.4. The van der Waals surface area contributed by atoms with Crippen LogP contribution in [0.2, 0.25) is 0 Å². The molecule has 0 amide bonds. The third-order valence-electron chi connectivity index (χ3n) is 4.74. The topological polar surface area (TPSA) is 41.9 Å². The van der Waals surface area contributed by atoms with Gasteiger partial charge in [0.1, 0.15) is 0 Å². The molecule has 4 heteroatoms. The summed E-state index contributed by atoms with van der Waals surface area (Å²) in [7, 11) is 0. The van der Waals surface area contributed by atoms with Crippen LogP contribution in [0.4, 0.5) is 5.82 Å². The first-order valence-corrected chi connectivity index (χ1v) is 7.74. The van der Waals surface area contributed by atoms with Crippen molar-refractivity contribution in [3.63, 3.8) is 0 Å². The number of anilines is 1. The summed E-state index contributed by atoms with van der Waals surface area (Å²) in [5.41, 5.74) is 6.49. The van der Waals surface area contributed by atoms with Gasteiger partial charge in [0, 0.05) is 31.4 Å². The van der Waals surface area contributed by atoms with Crippen LogP contribution in [-0.2, 0) is 13.0 Å². The fraction of sp³-hybridized carbons (Fsp3) is 0.471. The highest BCUT2D eigenvalue weighted by atomic mass is 15.3. The van der Waals surface area contributed by atoms with Crippen LogP contribution in [0, 0.1) is 13.8 Å². The monoisotopic (exact) mass is 280 g/mol. The van der Waals surface area contributed by atoms with Crippen LogP contribution in [0.1, 0.15) is 46.7 Å². The first-order chi connectivity index (χ1) is 10.2. The normalized spacial score (nSPS) is 17.7. The summed E-state index contributed by atoms with van der Waals surface area (Å²) >= 11 is 0. The van der Waals surface area contributed by atoms with Crippen molar-refractivity contribution in [2.75, 3.05) is 11.4 Å². The molecule has 0 aromatic carbocycles. The molecule has 1 fully saturated rings. The lowest BCUT2D eigenvalue weighted by Gasteiger charge is -2.30. The second kappa shape index (κ2) is 4.79. The average molecular weight is 280 g/mol. The number of rotatable bonds is 2. The minimum atomic E-state index is 0.763. The van der Waals surface area contributed by atoms with Crippen molar-refractivity contribution in [2.24, 2.45) is 0 Å². The van der Waals surface area contributed by atoms with Gasteiger partial charge < -0.3 is 4.90 Å². The zero-order valence-corrected chi connectivity index (χ0v) is 12.6. The van der Waals surface area contributed by atoms with Crippen molar-refractivity contribution in [1.29, 1.82) is 0 Å². The van der Waals surface area contributed by atoms with E-state index in [4.69, 9.17) is 0 Å². The molecule has 0 spiro atoms. The molecule has 0 atom stereocenters. The van der Waals surface area contributed by atoms with E-state index in [1.807, 2.05) is 6.20 Å². The van der Waals surface area contributed by atoms with E-state index in [1.165, 1.54) is 40.8 Å². The Hall–Kier alpha value is -1.97. The number of aromatic nitrogens is 3. The molecule has 3 heterocycles. The Bertz CT molecular complexity index is 691. The van der Waals surface area contributed by atoms with Gasteiger partial charge >= 0.3 is 0 Å². The van der Waals surface area contributed by atoms with Gasteiger partial charge in [0.05, 0.1) is 6.20 Å². The summed E-state index contributed by atoms with van der Waals surface area (Å²) in [6, 6.07) is 2.37. The van der Waals surface area contributed by atoms with Gasteiger partial charge in [-0.2, -0.15) is 5.10 Å². The van der Waals surface area contributed by atoms with Crippen LogP contribution >= 0.6 is 0 Å². The number of aryl methyl sites for hydroxylation is 1. The van der Waals surface area contributed by atoms with E-state index in [0.29, 0.717) is 0 Å². The summed E-state index contributed by atoms with van der Waals surface area (Å²) in [6.45, 7) is 6.11. The quantitative estimate of drug-likeness (QED) is 0.848. The van der Waals surface area contributed by atoms with Crippen molar-refractivity contribution in [3.8, 4) is 0 Å². The van der Waals surface area contributed by atoms with Gasteiger partial charge in [-0.15, -0.1) is 5.10 Å². The molecule has 21 heavy (non-hydrogen) atoms. The minimum Gasteiger partial charge on any atom is -0.350 e. The van der Waals surface area contributed by atoms with Gasteiger partial charge in [-0.1, -0.05) is 6.07 Å². The smallest absolute Gasteiger partial charge is 0.154 e. The van der Waals surface area contributed by atoms with E-state index in [0.717, 1.165) is 31.2 Å². The van der Waals surface area contributed by atoms with E-state index in [9.17, 15) is 0 Å². The van der Waals surface area contributed by atoms with Crippen LogP contribution in [0.25, 0.3) is 0 Å². The highest BCUT2D eigenvalue weighted by Crippen LogP contribution is 2.40. The van der Waals surface area contributed by atoms with E-state index in [-0.39, 0.29) is 0 Å². The first kappa shape index (κ1) is 12.7. The van der Waals surface area contributed by atoms with E-state index < -0.39 is 0 Å². The van der Waals surface area contributed by atoms with Crippen molar-refractivity contribution < 1.29 is 0 Å². The lowest BCUT2D eigenvalue weighted by atomic mass is 10.0. The predicted molar refractivity (Wildman–Crippen MR) is 82.5 cm³/mol. The van der Waals surface area contributed by atoms with Crippen LogP contribution < -0.4 is 4.90 Å². The highest BCUT2D eigenvalue weighted by molar-refractivity contribution is 5.50. The van der Waals surface area contributed by atoms with E-state index in [2.05, 4.69) is 46.2 Å². The molecular weight excluding hydrogens is 260 g/mol. The maximum atomic E-state index is 4.69. The number of hydrogen-bond acceptors (Lipinski definition) is 4. The molecule has 2 aliphatic rings. The van der Waals surface area contributed by atoms with Crippen molar-refractivity contribution >= 4 is 5.82 Å². The Morgan fingerprint density at radius 3 is 2.86 bits per heavy atom. The molecule has 1 aliphatic carbocycles. The summed E-state index contributed by atoms with van der Waals surface area (Å²) in [4.78, 5) is 7.03. The van der Waals surface area contributed by atoms with Crippen molar-refractivity contribution in [3.05, 3.63) is 46.4 Å².